The van der Waals surface area contributed by atoms with E-state index in [1.807, 2.05) is 4.90 Å². The van der Waals surface area contributed by atoms with E-state index in [0.717, 1.165) is 0 Å². The van der Waals surface area contributed by atoms with Gasteiger partial charge in [-0.05, 0) is 36.6 Å². The first-order valence-electron chi connectivity index (χ1n) is 10.6. The molecule has 2 aromatic rings. The smallest absolute Gasteiger partial charge is 0.322 e. The molecule has 1 aromatic heterocycles. The molecule has 0 spiro atoms. The zero-order valence-electron chi connectivity index (χ0n) is 18.1. The predicted molar refractivity (Wildman–Crippen MR) is 115 cm³/mol. The zero-order chi connectivity index (χ0) is 23.6. The summed E-state index contributed by atoms with van der Waals surface area (Å²) in [7, 11) is 1.58. The minimum absolute atomic E-state index is 0.0121. The fraction of sp³-hybridized carbons (Fsp3) is 0.409. The van der Waals surface area contributed by atoms with Crippen LogP contribution in [0.2, 0.25) is 0 Å². The molecule has 2 unspecified atom stereocenters. The fourth-order valence-electron chi connectivity index (χ4n) is 4.38. The van der Waals surface area contributed by atoms with Gasteiger partial charge in [0.15, 0.2) is 0 Å². The number of carbonyl (C=O) groups is 3. The molecule has 11 heteroatoms. The van der Waals surface area contributed by atoms with Crippen molar-refractivity contribution in [3.8, 4) is 0 Å². The molecule has 2 saturated heterocycles. The molecule has 174 valence electrons. The predicted octanol–water partition coefficient (Wildman–Crippen LogP) is 0.530. The van der Waals surface area contributed by atoms with Crippen molar-refractivity contribution in [2.24, 2.45) is 0 Å². The number of carbonyl (C=O) groups excluding carboxylic acids is 3. The number of anilines is 1. The van der Waals surface area contributed by atoms with Gasteiger partial charge >= 0.3 is 6.03 Å². The molecular weight excluding hydrogens is 431 g/mol. The number of hydrogen-bond donors (Lipinski definition) is 3. The number of imide groups is 1. The van der Waals surface area contributed by atoms with Gasteiger partial charge in [0.25, 0.3) is 5.91 Å². The molecule has 4 amide bonds. The maximum absolute atomic E-state index is 13.4. The third-order valence-corrected chi connectivity index (χ3v) is 6.12. The molecular formula is C22H25FN6O4. The van der Waals surface area contributed by atoms with E-state index in [-0.39, 0.29) is 31.8 Å². The van der Waals surface area contributed by atoms with E-state index in [1.54, 1.807) is 25.5 Å². The van der Waals surface area contributed by atoms with E-state index in [0.29, 0.717) is 24.5 Å². The summed E-state index contributed by atoms with van der Waals surface area (Å²) < 4.78 is 13.4. The summed E-state index contributed by atoms with van der Waals surface area (Å²) in [5.41, 5.74) is -2.21. The van der Waals surface area contributed by atoms with Crippen LogP contribution in [0.4, 0.5) is 15.1 Å². The van der Waals surface area contributed by atoms with Crippen LogP contribution in [0.1, 0.15) is 24.8 Å². The van der Waals surface area contributed by atoms with Crippen molar-refractivity contribution < 1.29 is 23.9 Å². The van der Waals surface area contributed by atoms with Gasteiger partial charge < -0.3 is 20.2 Å². The summed E-state index contributed by atoms with van der Waals surface area (Å²) in [6, 6.07) is 6.26. The van der Waals surface area contributed by atoms with Crippen molar-refractivity contribution in [2.45, 2.75) is 30.4 Å². The quantitative estimate of drug-likeness (QED) is 0.519. The maximum atomic E-state index is 13.4. The van der Waals surface area contributed by atoms with Gasteiger partial charge in [0.2, 0.25) is 11.9 Å². The van der Waals surface area contributed by atoms with Gasteiger partial charge in [-0.3, -0.25) is 14.9 Å². The van der Waals surface area contributed by atoms with Gasteiger partial charge in [0.05, 0.1) is 13.1 Å². The highest BCUT2D eigenvalue weighted by Crippen LogP contribution is 2.31. The molecule has 0 aliphatic carbocycles. The first kappa shape index (κ1) is 22.6. The molecule has 33 heavy (non-hydrogen) atoms. The standard InChI is InChI=1S/C22H25FN6O4/c1-28(13-21(33)9-12-29(14-21)19-24-10-2-11-25-19)17(30)7-8-22(18(31)26-20(32)27-22)15-3-5-16(23)6-4-15/h2-6,10-11,33H,7-9,12-14H2,1H3,(H2,26,27,31,32). The van der Waals surface area contributed by atoms with Gasteiger partial charge in [0, 0.05) is 32.4 Å². The number of halogens is 1. The van der Waals surface area contributed by atoms with Crippen molar-refractivity contribution in [3.05, 3.63) is 54.1 Å². The van der Waals surface area contributed by atoms with Crippen LogP contribution in [0.5, 0.6) is 0 Å². The Kier molecular flexibility index (Phi) is 5.98. The lowest BCUT2D eigenvalue weighted by Crippen LogP contribution is -2.47. The van der Waals surface area contributed by atoms with Gasteiger partial charge in [-0.2, -0.15) is 0 Å². The number of β-amino-alcohol motifs (C(OH)–C–C–N with tert-alkyl or cyclic N) is 1. The van der Waals surface area contributed by atoms with E-state index >= 15 is 0 Å². The molecule has 3 N–H and O–H groups in total. The second-order valence-electron chi connectivity index (χ2n) is 8.51. The Labute approximate surface area is 189 Å². The second-order valence-corrected chi connectivity index (χ2v) is 8.51. The van der Waals surface area contributed by atoms with Crippen molar-refractivity contribution in [1.29, 1.82) is 0 Å². The third-order valence-electron chi connectivity index (χ3n) is 6.12. The van der Waals surface area contributed by atoms with E-state index in [4.69, 9.17) is 0 Å². The minimum atomic E-state index is -1.47. The fourth-order valence-corrected chi connectivity index (χ4v) is 4.38. The number of nitrogens with one attached hydrogen (secondary N) is 2. The summed E-state index contributed by atoms with van der Waals surface area (Å²) in [4.78, 5) is 49.0. The molecule has 10 nitrogen and oxygen atoms in total. The van der Waals surface area contributed by atoms with Crippen LogP contribution in [-0.4, -0.2) is 70.1 Å². The lowest BCUT2D eigenvalue weighted by Gasteiger charge is -2.30. The summed E-state index contributed by atoms with van der Waals surface area (Å²) in [5, 5.41) is 15.8. The average Bonchev–Trinajstić information content (AvgIpc) is 3.32. The monoisotopic (exact) mass is 456 g/mol. The van der Waals surface area contributed by atoms with Crippen LogP contribution < -0.4 is 15.5 Å². The SMILES string of the molecule is CN(CC1(O)CCN(c2ncccn2)C1)C(=O)CCC1(c2ccc(F)cc2)NC(=O)NC1=O. The first-order valence-corrected chi connectivity index (χ1v) is 10.6. The highest BCUT2D eigenvalue weighted by atomic mass is 19.1. The molecule has 4 rings (SSSR count). The Bertz CT molecular complexity index is 1050. The number of hydrogen-bond acceptors (Lipinski definition) is 7. The Morgan fingerprint density at radius 2 is 1.94 bits per heavy atom. The average molecular weight is 456 g/mol. The summed E-state index contributed by atoms with van der Waals surface area (Å²) in [6.45, 7) is 0.937. The number of aliphatic hydroxyl groups is 1. The largest absolute Gasteiger partial charge is 0.386 e. The Morgan fingerprint density at radius 3 is 2.58 bits per heavy atom. The highest BCUT2D eigenvalue weighted by molar-refractivity contribution is 6.07. The minimum Gasteiger partial charge on any atom is -0.386 e. The van der Waals surface area contributed by atoms with Crippen LogP contribution in [0.15, 0.2) is 42.7 Å². The number of aromatic nitrogens is 2. The highest BCUT2D eigenvalue weighted by Gasteiger charge is 2.48. The van der Waals surface area contributed by atoms with E-state index in [9.17, 15) is 23.9 Å². The number of urea groups is 1. The van der Waals surface area contributed by atoms with Crippen LogP contribution in [0.3, 0.4) is 0 Å². The van der Waals surface area contributed by atoms with Gasteiger partial charge in [-0.15, -0.1) is 0 Å². The maximum Gasteiger partial charge on any atom is 0.322 e. The van der Waals surface area contributed by atoms with E-state index < -0.39 is 28.9 Å². The molecule has 2 fully saturated rings. The third kappa shape index (κ3) is 4.63. The van der Waals surface area contributed by atoms with Gasteiger partial charge in [0.1, 0.15) is 17.0 Å². The molecule has 3 heterocycles. The van der Waals surface area contributed by atoms with Gasteiger partial charge in [-0.25, -0.2) is 19.2 Å². The Morgan fingerprint density at radius 1 is 1.24 bits per heavy atom. The van der Waals surface area contributed by atoms with Crippen molar-refractivity contribution in [2.75, 3.05) is 31.6 Å². The van der Waals surface area contributed by atoms with Crippen molar-refractivity contribution in [3.63, 3.8) is 0 Å². The molecule has 2 atom stereocenters. The number of amides is 4. The molecule has 1 aromatic carbocycles. The summed E-state index contributed by atoms with van der Waals surface area (Å²) >= 11 is 0. The van der Waals surface area contributed by atoms with Crippen LogP contribution in [0, 0.1) is 5.82 Å². The normalized spacial score (nSPS) is 24.5. The Hall–Kier alpha value is -3.60. The molecule has 0 saturated carbocycles. The van der Waals surface area contributed by atoms with E-state index in [1.165, 1.54) is 29.2 Å². The van der Waals surface area contributed by atoms with Crippen LogP contribution in [-0.2, 0) is 15.1 Å². The van der Waals surface area contributed by atoms with Gasteiger partial charge in [-0.1, -0.05) is 12.1 Å². The second kappa shape index (κ2) is 8.74. The first-order chi connectivity index (χ1) is 15.7. The number of rotatable bonds is 7. The molecule has 0 bridgehead atoms. The van der Waals surface area contributed by atoms with Crippen LogP contribution in [0.25, 0.3) is 0 Å². The topological polar surface area (TPSA) is 128 Å². The lowest BCUT2D eigenvalue weighted by molar-refractivity contribution is -0.133. The molecule has 0 radical (unpaired) electrons. The summed E-state index contributed by atoms with van der Waals surface area (Å²) in [6.07, 6.45) is 3.63. The zero-order valence-corrected chi connectivity index (χ0v) is 18.1. The lowest BCUT2D eigenvalue weighted by atomic mass is 9.85. The number of benzene rings is 1. The van der Waals surface area contributed by atoms with Crippen molar-refractivity contribution >= 4 is 23.8 Å². The Balaban J connectivity index is 1.40. The molecule has 2 aliphatic rings. The van der Waals surface area contributed by atoms with Crippen LogP contribution >= 0.6 is 0 Å². The molecule has 2 aliphatic heterocycles. The van der Waals surface area contributed by atoms with E-state index in [2.05, 4.69) is 20.6 Å². The summed E-state index contributed by atoms with van der Waals surface area (Å²) in [5.74, 6) is -0.850. The number of likely N-dealkylation sites (N-methyl/N-ethyl adjacent to an activating group) is 1. The number of nitrogens with zero attached hydrogens (tertiary/aromatic N) is 4. The van der Waals surface area contributed by atoms with Crippen molar-refractivity contribution in [1.82, 2.24) is 25.5 Å².